The van der Waals surface area contributed by atoms with Crippen molar-refractivity contribution in [2.24, 2.45) is 20.0 Å². The molecule has 0 atom stereocenters. The molecular weight excluding hydrogens is 500 g/mol. The molecule has 0 aromatic carbocycles. The summed E-state index contributed by atoms with van der Waals surface area (Å²) in [5, 5.41) is 0. The van der Waals surface area contributed by atoms with E-state index in [1.165, 1.54) is 50.2 Å². The van der Waals surface area contributed by atoms with Gasteiger partial charge in [-0.05, 0) is 121 Å². The third kappa shape index (κ3) is 4.70. The third-order valence-corrected chi connectivity index (χ3v) is 9.21. The second-order valence-corrected chi connectivity index (χ2v) is 11.2. The van der Waals surface area contributed by atoms with Crippen LogP contribution in [0.15, 0.2) is 111 Å². The first kappa shape index (κ1) is 29.1. The van der Waals surface area contributed by atoms with Crippen LogP contribution in [0.3, 0.4) is 0 Å². The Kier molecular flexibility index (Phi) is 8.40. The molecule has 0 amide bonds. The highest BCUT2D eigenvalue weighted by Gasteiger charge is 2.31. The number of nitrogens with zero attached hydrogens (tertiary/aromatic N) is 4. The van der Waals surface area contributed by atoms with Gasteiger partial charge in [-0.3, -0.25) is 0 Å². The molecule has 5 rings (SSSR count). The lowest BCUT2D eigenvalue weighted by atomic mass is 9.90. The lowest BCUT2D eigenvalue weighted by Gasteiger charge is -2.13. The summed E-state index contributed by atoms with van der Waals surface area (Å²) in [7, 11) is 0. The molecule has 8 bridgehead atoms. The topological polar surface area (TPSA) is 49.4 Å². The predicted octanol–water partition coefficient (Wildman–Crippen LogP) is 10.2. The first-order valence-electron chi connectivity index (χ1n) is 16.0. The average molecular weight is 547 g/mol. The number of hydrogen-bond donors (Lipinski definition) is 0. The Hall–Kier alpha value is -3.40. The van der Waals surface area contributed by atoms with E-state index in [1.807, 2.05) is 0 Å². The summed E-state index contributed by atoms with van der Waals surface area (Å²) in [6.07, 6.45) is 14.3. The van der Waals surface area contributed by atoms with Gasteiger partial charge in [-0.1, -0.05) is 55.4 Å². The van der Waals surface area contributed by atoms with Crippen molar-refractivity contribution in [2.45, 2.75) is 114 Å². The van der Waals surface area contributed by atoms with Gasteiger partial charge >= 0.3 is 0 Å². The standard InChI is InChI=1S/C37H46N4/c1-10-22-21(9)30-18-32-23(11-2)24(12-3)33(39-32)20-35-26(14-5)28(16-7)37(41-35)29(17-8)36-27(15-6)25(13-4)34(40-36)19-31(22)38-30/h18-20H,10-17H2,1-9H3. The fraction of sp³-hybridized carbons (Fsp3) is 0.459. The minimum absolute atomic E-state index is 0.894. The molecule has 41 heavy (non-hydrogen) atoms. The molecular formula is C37H46N4. The second kappa shape index (κ2) is 11.8. The zero-order valence-electron chi connectivity index (χ0n) is 26.7. The summed E-state index contributed by atoms with van der Waals surface area (Å²) in [5.74, 6) is 0. The summed E-state index contributed by atoms with van der Waals surface area (Å²) in [4.78, 5) is 21.3. The highest BCUT2D eigenvalue weighted by atomic mass is 14.9. The summed E-state index contributed by atoms with van der Waals surface area (Å²) in [6.45, 7) is 20.2. The second-order valence-electron chi connectivity index (χ2n) is 11.2. The molecule has 0 radical (unpaired) electrons. The minimum Gasteiger partial charge on any atom is -0.248 e. The van der Waals surface area contributed by atoms with E-state index >= 15 is 0 Å². The smallest absolute Gasteiger partial charge is 0.0725 e. The van der Waals surface area contributed by atoms with Crippen LogP contribution in [-0.2, 0) is 0 Å². The molecule has 0 aliphatic carbocycles. The molecule has 0 N–H and O–H groups in total. The first-order chi connectivity index (χ1) is 19.9. The van der Waals surface area contributed by atoms with Crippen LogP contribution in [0.2, 0.25) is 0 Å². The normalized spacial score (nSPS) is 20.7. The van der Waals surface area contributed by atoms with Crippen LogP contribution in [0.5, 0.6) is 0 Å². The lowest BCUT2D eigenvalue weighted by molar-refractivity contribution is 1.02. The Labute approximate surface area is 247 Å². The fourth-order valence-corrected chi connectivity index (χ4v) is 7.17. The van der Waals surface area contributed by atoms with Crippen molar-refractivity contribution in [1.29, 1.82) is 0 Å². The number of hydrogen-bond acceptors (Lipinski definition) is 4. The molecule has 5 heterocycles. The van der Waals surface area contributed by atoms with Gasteiger partial charge < -0.3 is 0 Å². The van der Waals surface area contributed by atoms with E-state index in [1.54, 1.807) is 0 Å². The van der Waals surface area contributed by atoms with Gasteiger partial charge in [0.25, 0.3) is 0 Å². The van der Waals surface area contributed by atoms with Crippen LogP contribution in [-0.4, -0.2) is 22.8 Å². The van der Waals surface area contributed by atoms with Gasteiger partial charge in [-0.2, -0.15) is 0 Å². The predicted molar refractivity (Wildman–Crippen MR) is 177 cm³/mol. The summed E-state index contributed by atoms with van der Waals surface area (Å²) in [5.41, 5.74) is 20.5. The zero-order chi connectivity index (χ0) is 29.4. The number of rotatable bonds is 8. The van der Waals surface area contributed by atoms with Gasteiger partial charge in [0.15, 0.2) is 0 Å². The Bertz CT molecular complexity index is 1580. The van der Waals surface area contributed by atoms with Crippen LogP contribution in [0.25, 0.3) is 0 Å². The summed E-state index contributed by atoms with van der Waals surface area (Å²) in [6, 6.07) is 0. The van der Waals surface area contributed by atoms with Crippen LogP contribution >= 0.6 is 0 Å². The maximum atomic E-state index is 5.41. The van der Waals surface area contributed by atoms with E-state index in [2.05, 4.69) is 80.5 Å². The molecule has 0 fully saturated rings. The van der Waals surface area contributed by atoms with Crippen LogP contribution < -0.4 is 0 Å². The van der Waals surface area contributed by atoms with Crippen LogP contribution in [0.4, 0.5) is 0 Å². The van der Waals surface area contributed by atoms with Gasteiger partial charge in [0.1, 0.15) is 0 Å². The molecule has 4 nitrogen and oxygen atoms in total. The van der Waals surface area contributed by atoms with E-state index in [0.29, 0.717) is 0 Å². The van der Waals surface area contributed by atoms with Crippen molar-refractivity contribution >= 4 is 22.8 Å². The Morgan fingerprint density at radius 3 is 1.37 bits per heavy atom. The molecule has 0 aromatic rings. The lowest BCUT2D eigenvalue weighted by Crippen LogP contribution is -2.07. The SMILES string of the molecule is CCC1=C(C)C2=CC3=NC(=CC4=NC(=C(CC)C5=NC(=CC1=N2)C(CC)=C5CC)C(CC)=C4CC)C(CC)=C3CC. The van der Waals surface area contributed by atoms with E-state index < -0.39 is 0 Å². The molecule has 5 aliphatic rings. The Morgan fingerprint density at radius 2 is 0.805 bits per heavy atom. The van der Waals surface area contributed by atoms with Crippen LogP contribution in [0.1, 0.15) is 114 Å². The molecule has 0 unspecified atom stereocenters. The molecule has 0 spiro atoms. The highest BCUT2D eigenvalue weighted by Crippen LogP contribution is 2.41. The molecule has 0 aromatic heterocycles. The molecule has 214 valence electrons. The van der Waals surface area contributed by atoms with Crippen molar-refractivity contribution in [1.82, 2.24) is 0 Å². The molecule has 0 saturated heterocycles. The zero-order valence-corrected chi connectivity index (χ0v) is 26.7. The number of aliphatic imine (C=N–C) groups is 4. The largest absolute Gasteiger partial charge is 0.248 e. The monoisotopic (exact) mass is 546 g/mol. The quantitative estimate of drug-likeness (QED) is 0.291. The molecule has 0 saturated carbocycles. The van der Waals surface area contributed by atoms with Crippen molar-refractivity contribution < 1.29 is 0 Å². The van der Waals surface area contributed by atoms with E-state index in [0.717, 1.165) is 97.0 Å². The van der Waals surface area contributed by atoms with Crippen molar-refractivity contribution in [3.05, 3.63) is 91.2 Å². The van der Waals surface area contributed by atoms with Crippen LogP contribution in [0, 0.1) is 0 Å². The van der Waals surface area contributed by atoms with E-state index in [4.69, 9.17) is 20.0 Å². The highest BCUT2D eigenvalue weighted by molar-refractivity contribution is 6.21. The Balaban J connectivity index is 1.90. The van der Waals surface area contributed by atoms with E-state index in [9.17, 15) is 0 Å². The van der Waals surface area contributed by atoms with Crippen molar-refractivity contribution in [3.8, 4) is 0 Å². The average Bonchev–Trinajstić information content (AvgIpc) is 3.69. The molecule has 5 aliphatic heterocycles. The third-order valence-electron chi connectivity index (χ3n) is 9.21. The van der Waals surface area contributed by atoms with Crippen molar-refractivity contribution in [3.63, 3.8) is 0 Å². The molecule has 4 heteroatoms. The van der Waals surface area contributed by atoms with Gasteiger partial charge in [-0.25, -0.2) is 20.0 Å². The summed E-state index contributed by atoms with van der Waals surface area (Å²) < 4.78 is 0. The van der Waals surface area contributed by atoms with Crippen molar-refractivity contribution in [2.75, 3.05) is 0 Å². The Morgan fingerprint density at radius 1 is 0.390 bits per heavy atom. The van der Waals surface area contributed by atoms with E-state index in [-0.39, 0.29) is 0 Å². The van der Waals surface area contributed by atoms with Gasteiger partial charge in [0, 0.05) is 5.57 Å². The number of allylic oxidation sites excluding steroid dienone is 12. The first-order valence-corrected chi connectivity index (χ1v) is 16.0. The summed E-state index contributed by atoms with van der Waals surface area (Å²) >= 11 is 0. The van der Waals surface area contributed by atoms with Gasteiger partial charge in [-0.15, -0.1) is 0 Å². The minimum atomic E-state index is 0.894. The fourth-order valence-electron chi connectivity index (χ4n) is 7.17. The maximum Gasteiger partial charge on any atom is 0.0725 e. The van der Waals surface area contributed by atoms with Gasteiger partial charge in [0.2, 0.25) is 0 Å². The maximum absolute atomic E-state index is 5.41. The van der Waals surface area contributed by atoms with Gasteiger partial charge in [0.05, 0.1) is 45.6 Å². The number of fused-ring (bicyclic) bond motifs is 4.